The molecule has 0 radical (unpaired) electrons. The van der Waals surface area contributed by atoms with Gasteiger partial charge in [0, 0.05) is 5.92 Å². The highest BCUT2D eigenvalue weighted by atomic mass is 32.1. The SMILES string of the molecule is CCCCOC(=S)[C@@H](O)[C@@H](C)c1ccccc1. The van der Waals surface area contributed by atoms with Crippen LogP contribution in [0.2, 0.25) is 0 Å². The maximum absolute atomic E-state index is 10.1. The highest BCUT2D eigenvalue weighted by molar-refractivity contribution is 7.80. The molecule has 2 nitrogen and oxygen atoms in total. The molecule has 0 amide bonds. The number of aliphatic hydroxyl groups excluding tert-OH is 1. The van der Waals surface area contributed by atoms with E-state index < -0.39 is 6.10 Å². The third-order valence-electron chi connectivity index (χ3n) is 2.78. The van der Waals surface area contributed by atoms with Crippen molar-refractivity contribution in [2.75, 3.05) is 6.61 Å². The van der Waals surface area contributed by atoms with Crippen molar-refractivity contribution in [2.24, 2.45) is 0 Å². The summed E-state index contributed by atoms with van der Waals surface area (Å²) < 4.78 is 5.37. The monoisotopic (exact) mass is 252 g/mol. The Morgan fingerprint density at radius 2 is 2.00 bits per heavy atom. The first-order chi connectivity index (χ1) is 8.16. The Balaban J connectivity index is 2.51. The lowest BCUT2D eigenvalue weighted by Crippen LogP contribution is -2.27. The average Bonchev–Trinajstić information content (AvgIpc) is 2.38. The van der Waals surface area contributed by atoms with Crippen LogP contribution >= 0.6 is 12.2 Å². The molecular formula is C14H20O2S. The van der Waals surface area contributed by atoms with E-state index in [-0.39, 0.29) is 5.92 Å². The molecule has 0 aromatic heterocycles. The van der Waals surface area contributed by atoms with Crippen LogP contribution in [0.1, 0.15) is 38.2 Å². The Morgan fingerprint density at radius 3 is 2.59 bits per heavy atom. The summed E-state index contributed by atoms with van der Waals surface area (Å²) in [6.07, 6.45) is 1.31. The molecule has 0 heterocycles. The Hall–Kier alpha value is -0.930. The van der Waals surface area contributed by atoms with Gasteiger partial charge in [0.1, 0.15) is 6.10 Å². The number of unbranched alkanes of at least 4 members (excludes halogenated alkanes) is 1. The summed E-state index contributed by atoms with van der Waals surface area (Å²) in [5, 5.41) is 10.4. The Labute approximate surface area is 109 Å². The van der Waals surface area contributed by atoms with Crippen molar-refractivity contribution < 1.29 is 9.84 Å². The van der Waals surface area contributed by atoms with Crippen molar-refractivity contribution in [3.63, 3.8) is 0 Å². The van der Waals surface area contributed by atoms with Gasteiger partial charge >= 0.3 is 0 Å². The molecule has 2 atom stereocenters. The molecule has 0 aliphatic carbocycles. The van der Waals surface area contributed by atoms with Crippen molar-refractivity contribution in [3.8, 4) is 0 Å². The molecule has 17 heavy (non-hydrogen) atoms. The molecule has 0 bridgehead atoms. The molecule has 0 unspecified atom stereocenters. The number of rotatable bonds is 6. The van der Waals surface area contributed by atoms with Crippen LogP contribution in [0.25, 0.3) is 0 Å². The highest BCUT2D eigenvalue weighted by Crippen LogP contribution is 2.20. The topological polar surface area (TPSA) is 29.5 Å². The molecule has 1 N–H and O–H groups in total. The average molecular weight is 252 g/mol. The summed E-state index contributed by atoms with van der Waals surface area (Å²) in [7, 11) is 0. The second-order valence-corrected chi connectivity index (χ2v) is 4.57. The van der Waals surface area contributed by atoms with Crippen LogP contribution in [0.4, 0.5) is 0 Å². The minimum Gasteiger partial charge on any atom is -0.484 e. The van der Waals surface area contributed by atoms with Crippen molar-refractivity contribution in [1.29, 1.82) is 0 Å². The first-order valence-corrected chi connectivity index (χ1v) is 6.47. The second kappa shape index (κ2) is 7.41. The van der Waals surface area contributed by atoms with E-state index in [2.05, 4.69) is 6.92 Å². The lowest BCUT2D eigenvalue weighted by Gasteiger charge is -2.20. The summed E-state index contributed by atoms with van der Waals surface area (Å²) >= 11 is 5.09. The molecule has 0 aliphatic rings. The fourth-order valence-corrected chi connectivity index (χ4v) is 1.83. The van der Waals surface area contributed by atoms with E-state index >= 15 is 0 Å². The van der Waals surface area contributed by atoms with Gasteiger partial charge in [0.05, 0.1) is 6.61 Å². The van der Waals surface area contributed by atoms with Gasteiger partial charge in [-0.3, -0.25) is 0 Å². The van der Waals surface area contributed by atoms with Crippen LogP contribution in [0.15, 0.2) is 30.3 Å². The van der Waals surface area contributed by atoms with Crippen molar-refractivity contribution in [1.82, 2.24) is 0 Å². The zero-order valence-electron chi connectivity index (χ0n) is 10.4. The van der Waals surface area contributed by atoms with Crippen LogP contribution in [-0.4, -0.2) is 22.9 Å². The largest absolute Gasteiger partial charge is 0.484 e. The zero-order valence-corrected chi connectivity index (χ0v) is 11.2. The first kappa shape index (κ1) is 14.1. The van der Waals surface area contributed by atoms with E-state index in [1.807, 2.05) is 37.3 Å². The fraction of sp³-hybridized carbons (Fsp3) is 0.500. The van der Waals surface area contributed by atoms with E-state index in [1.54, 1.807) is 0 Å². The Bertz CT molecular complexity index is 337. The van der Waals surface area contributed by atoms with Crippen molar-refractivity contribution >= 4 is 17.3 Å². The second-order valence-electron chi connectivity index (χ2n) is 4.17. The molecule has 0 fully saturated rings. The summed E-state index contributed by atoms with van der Waals surface area (Å²) in [4.78, 5) is 0. The number of benzene rings is 1. The number of aliphatic hydroxyl groups is 1. The molecule has 0 saturated carbocycles. The molecule has 0 saturated heterocycles. The lowest BCUT2D eigenvalue weighted by atomic mass is 9.96. The Morgan fingerprint density at radius 1 is 1.35 bits per heavy atom. The minimum atomic E-state index is -0.718. The summed E-state index contributed by atoms with van der Waals surface area (Å²) in [6.45, 7) is 4.64. The van der Waals surface area contributed by atoms with E-state index in [9.17, 15) is 5.11 Å². The zero-order chi connectivity index (χ0) is 12.7. The number of hydrogen-bond donors (Lipinski definition) is 1. The minimum absolute atomic E-state index is 0.0367. The van der Waals surface area contributed by atoms with Crippen LogP contribution in [-0.2, 0) is 4.74 Å². The van der Waals surface area contributed by atoms with Gasteiger partial charge in [-0.1, -0.05) is 50.6 Å². The van der Waals surface area contributed by atoms with Gasteiger partial charge in [0.25, 0.3) is 0 Å². The van der Waals surface area contributed by atoms with Gasteiger partial charge in [-0.25, -0.2) is 0 Å². The highest BCUT2D eigenvalue weighted by Gasteiger charge is 2.21. The number of ether oxygens (including phenoxy) is 1. The molecule has 0 aliphatic heterocycles. The third kappa shape index (κ3) is 4.44. The standard InChI is InChI=1S/C14H20O2S/c1-3-4-10-16-14(17)13(15)11(2)12-8-6-5-7-9-12/h5-9,11,13,15H,3-4,10H2,1-2H3/t11-,13-/m0/s1. The molecule has 1 aromatic carbocycles. The quantitative estimate of drug-likeness (QED) is 0.622. The van der Waals surface area contributed by atoms with Gasteiger partial charge < -0.3 is 9.84 Å². The van der Waals surface area contributed by atoms with E-state index in [1.165, 1.54) is 0 Å². The van der Waals surface area contributed by atoms with Gasteiger partial charge in [0.15, 0.2) is 5.05 Å². The van der Waals surface area contributed by atoms with Gasteiger partial charge in [-0.15, -0.1) is 0 Å². The molecular weight excluding hydrogens is 232 g/mol. The number of thiocarbonyl (C=S) groups is 1. The summed E-state index contributed by atoms with van der Waals surface area (Å²) in [6, 6.07) is 9.85. The number of hydrogen-bond acceptors (Lipinski definition) is 3. The molecule has 94 valence electrons. The van der Waals surface area contributed by atoms with Gasteiger partial charge in [-0.05, 0) is 24.2 Å². The predicted molar refractivity (Wildman–Crippen MR) is 74.3 cm³/mol. The molecule has 1 rings (SSSR count). The van der Waals surface area contributed by atoms with E-state index in [0.717, 1.165) is 18.4 Å². The van der Waals surface area contributed by atoms with Crippen LogP contribution < -0.4 is 0 Å². The van der Waals surface area contributed by atoms with E-state index in [0.29, 0.717) is 11.7 Å². The third-order valence-corrected chi connectivity index (χ3v) is 3.14. The first-order valence-electron chi connectivity index (χ1n) is 6.06. The molecule has 1 aromatic rings. The molecule has 0 spiro atoms. The maximum atomic E-state index is 10.1. The van der Waals surface area contributed by atoms with Gasteiger partial charge in [0.2, 0.25) is 0 Å². The Kier molecular flexibility index (Phi) is 6.16. The van der Waals surface area contributed by atoms with E-state index in [4.69, 9.17) is 17.0 Å². The normalized spacial score (nSPS) is 14.1. The van der Waals surface area contributed by atoms with Crippen LogP contribution in [0.5, 0.6) is 0 Å². The predicted octanol–water partition coefficient (Wildman–Crippen LogP) is 3.30. The summed E-state index contributed by atoms with van der Waals surface area (Å²) in [5.41, 5.74) is 1.07. The van der Waals surface area contributed by atoms with Crippen LogP contribution in [0.3, 0.4) is 0 Å². The smallest absolute Gasteiger partial charge is 0.189 e. The molecule has 3 heteroatoms. The lowest BCUT2D eigenvalue weighted by molar-refractivity contribution is 0.171. The van der Waals surface area contributed by atoms with Crippen LogP contribution in [0, 0.1) is 0 Å². The summed E-state index contributed by atoms with van der Waals surface area (Å²) in [5.74, 6) is -0.0367. The van der Waals surface area contributed by atoms with Gasteiger partial charge in [-0.2, -0.15) is 0 Å². The fourth-order valence-electron chi connectivity index (χ4n) is 1.55. The van der Waals surface area contributed by atoms with Crippen molar-refractivity contribution in [3.05, 3.63) is 35.9 Å². The maximum Gasteiger partial charge on any atom is 0.189 e. The van der Waals surface area contributed by atoms with Crippen molar-refractivity contribution in [2.45, 2.75) is 38.7 Å².